The molecule has 0 atom stereocenters. The van der Waals surface area contributed by atoms with E-state index in [0.29, 0.717) is 16.5 Å². The van der Waals surface area contributed by atoms with E-state index in [1.54, 1.807) is 16.9 Å². The highest BCUT2D eigenvalue weighted by molar-refractivity contribution is 6.31. The number of ether oxygens (including phenoxy) is 1. The van der Waals surface area contributed by atoms with E-state index in [4.69, 9.17) is 22.1 Å². The van der Waals surface area contributed by atoms with Gasteiger partial charge in [0.2, 0.25) is 0 Å². The van der Waals surface area contributed by atoms with Gasteiger partial charge in [-0.25, -0.2) is 4.68 Å². The van der Waals surface area contributed by atoms with E-state index in [1.807, 2.05) is 32.9 Å². The van der Waals surface area contributed by atoms with Gasteiger partial charge in [0.15, 0.2) is 0 Å². The number of anilines is 1. The zero-order chi connectivity index (χ0) is 13.3. The number of nitrogens with two attached hydrogens (primary N) is 1. The molecule has 2 N–H and O–H groups in total. The summed E-state index contributed by atoms with van der Waals surface area (Å²) in [5, 5.41) is 4.96. The molecular formula is C13H16ClN3O. The quantitative estimate of drug-likeness (QED) is 0.867. The summed E-state index contributed by atoms with van der Waals surface area (Å²) in [4.78, 5) is 0. The van der Waals surface area contributed by atoms with Crippen LogP contribution in [0.2, 0.25) is 5.02 Å². The molecule has 1 aromatic carbocycles. The van der Waals surface area contributed by atoms with Crippen LogP contribution in [0.15, 0.2) is 24.4 Å². The Bertz CT molecular complexity index is 544. The van der Waals surface area contributed by atoms with Crippen LogP contribution in [0.4, 0.5) is 5.69 Å². The smallest absolute Gasteiger partial charge is 0.144 e. The Hall–Kier alpha value is -1.68. The highest BCUT2D eigenvalue weighted by Gasteiger charge is 2.08. The molecule has 0 unspecified atom stereocenters. The Balaban J connectivity index is 2.40. The summed E-state index contributed by atoms with van der Waals surface area (Å²) < 4.78 is 7.36. The Labute approximate surface area is 111 Å². The van der Waals surface area contributed by atoms with Crippen molar-refractivity contribution in [1.29, 1.82) is 0 Å². The fourth-order valence-corrected chi connectivity index (χ4v) is 1.72. The van der Waals surface area contributed by atoms with Crippen LogP contribution >= 0.6 is 11.6 Å². The summed E-state index contributed by atoms with van der Waals surface area (Å²) in [6, 6.07) is 5.54. The number of aromatic nitrogens is 2. The maximum Gasteiger partial charge on any atom is 0.144 e. The molecule has 0 saturated carbocycles. The van der Waals surface area contributed by atoms with Crippen LogP contribution in [0.3, 0.4) is 0 Å². The standard InChI is InChI=1S/C13H16ClN3O/c1-8(2)18-13-6-10(4-5-12(13)15)17-7-11(14)9(3)16-17/h4-8H,15H2,1-3H3. The largest absolute Gasteiger partial charge is 0.489 e. The molecule has 4 nitrogen and oxygen atoms in total. The van der Waals surface area contributed by atoms with Gasteiger partial charge in [0.25, 0.3) is 0 Å². The van der Waals surface area contributed by atoms with Crippen LogP contribution < -0.4 is 10.5 Å². The molecule has 96 valence electrons. The van der Waals surface area contributed by atoms with Crippen molar-refractivity contribution in [3.63, 3.8) is 0 Å². The van der Waals surface area contributed by atoms with Crippen LogP contribution in [0.25, 0.3) is 5.69 Å². The molecule has 2 aromatic rings. The SMILES string of the molecule is Cc1nn(-c2ccc(N)c(OC(C)C)c2)cc1Cl. The lowest BCUT2D eigenvalue weighted by atomic mass is 10.2. The average Bonchev–Trinajstić information content (AvgIpc) is 2.62. The van der Waals surface area contributed by atoms with Crippen molar-refractivity contribution < 1.29 is 4.74 Å². The zero-order valence-electron chi connectivity index (χ0n) is 10.6. The topological polar surface area (TPSA) is 53.1 Å². The molecular weight excluding hydrogens is 250 g/mol. The van der Waals surface area contributed by atoms with Crippen molar-refractivity contribution in [2.45, 2.75) is 26.9 Å². The molecule has 0 bridgehead atoms. The summed E-state index contributed by atoms with van der Waals surface area (Å²) in [5.41, 5.74) is 8.15. The summed E-state index contributed by atoms with van der Waals surface area (Å²) in [5.74, 6) is 0.659. The van der Waals surface area contributed by atoms with Crippen molar-refractivity contribution in [1.82, 2.24) is 9.78 Å². The van der Waals surface area contributed by atoms with Gasteiger partial charge >= 0.3 is 0 Å². The number of nitrogens with zero attached hydrogens (tertiary/aromatic N) is 2. The fourth-order valence-electron chi connectivity index (χ4n) is 1.59. The van der Waals surface area contributed by atoms with Gasteiger partial charge in [-0.2, -0.15) is 5.10 Å². The maximum atomic E-state index is 6.00. The third kappa shape index (κ3) is 2.59. The van der Waals surface area contributed by atoms with E-state index < -0.39 is 0 Å². The van der Waals surface area contributed by atoms with E-state index in [9.17, 15) is 0 Å². The van der Waals surface area contributed by atoms with E-state index in [0.717, 1.165) is 11.4 Å². The van der Waals surface area contributed by atoms with Crippen LogP contribution in [-0.2, 0) is 0 Å². The minimum Gasteiger partial charge on any atom is -0.489 e. The first kappa shape index (κ1) is 12.8. The van der Waals surface area contributed by atoms with Crippen LogP contribution in [0.1, 0.15) is 19.5 Å². The van der Waals surface area contributed by atoms with Crippen molar-refractivity contribution >= 4 is 17.3 Å². The van der Waals surface area contributed by atoms with Crippen LogP contribution in [0.5, 0.6) is 5.75 Å². The van der Waals surface area contributed by atoms with Gasteiger partial charge in [0.05, 0.1) is 28.2 Å². The average molecular weight is 266 g/mol. The molecule has 0 radical (unpaired) electrons. The number of nitrogen functional groups attached to an aromatic ring is 1. The molecule has 0 aliphatic heterocycles. The Morgan fingerprint density at radius 1 is 1.39 bits per heavy atom. The molecule has 0 saturated heterocycles. The molecule has 1 heterocycles. The number of hydrogen-bond acceptors (Lipinski definition) is 3. The van der Waals surface area contributed by atoms with Gasteiger partial charge in [0, 0.05) is 12.3 Å². The number of halogens is 1. The lowest BCUT2D eigenvalue weighted by Gasteiger charge is -2.13. The molecule has 0 spiro atoms. The van der Waals surface area contributed by atoms with Crippen molar-refractivity contribution in [3.05, 3.63) is 35.1 Å². The van der Waals surface area contributed by atoms with E-state index in [-0.39, 0.29) is 6.10 Å². The van der Waals surface area contributed by atoms with Gasteiger partial charge in [-0.15, -0.1) is 0 Å². The van der Waals surface area contributed by atoms with E-state index >= 15 is 0 Å². The number of benzene rings is 1. The van der Waals surface area contributed by atoms with Crippen molar-refractivity contribution in [3.8, 4) is 11.4 Å². The van der Waals surface area contributed by atoms with Crippen molar-refractivity contribution in [2.75, 3.05) is 5.73 Å². The first-order valence-corrected chi connectivity index (χ1v) is 6.13. The predicted octanol–water partition coefficient (Wildman–Crippen LogP) is 3.20. The third-order valence-corrected chi connectivity index (χ3v) is 2.83. The van der Waals surface area contributed by atoms with E-state index in [2.05, 4.69) is 5.10 Å². The van der Waals surface area contributed by atoms with E-state index in [1.165, 1.54) is 0 Å². The number of hydrogen-bond donors (Lipinski definition) is 1. The third-order valence-electron chi connectivity index (χ3n) is 2.46. The second kappa shape index (κ2) is 4.90. The highest BCUT2D eigenvalue weighted by atomic mass is 35.5. The lowest BCUT2D eigenvalue weighted by molar-refractivity contribution is 0.244. The summed E-state index contributed by atoms with van der Waals surface area (Å²) in [6.45, 7) is 5.78. The monoisotopic (exact) mass is 265 g/mol. The van der Waals surface area contributed by atoms with Crippen LogP contribution in [0, 0.1) is 6.92 Å². The van der Waals surface area contributed by atoms with Gasteiger partial charge < -0.3 is 10.5 Å². The number of aryl methyl sites for hydroxylation is 1. The maximum absolute atomic E-state index is 6.00. The zero-order valence-corrected chi connectivity index (χ0v) is 11.4. The molecule has 1 aromatic heterocycles. The van der Waals surface area contributed by atoms with Gasteiger partial charge in [-0.05, 0) is 32.9 Å². The molecule has 18 heavy (non-hydrogen) atoms. The second-order valence-corrected chi connectivity index (χ2v) is 4.80. The normalized spacial score (nSPS) is 10.9. The minimum atomic E-state index is 0.0745. The molecule has 0 aliphatic carbocycles. The van der Waals surface area contributed by atoms with Gasteiger partial charge in [-0.1, -0.05) is 11.6 Å². The second-order valence-electron chi connectivity index (χ2n) is 4.40. The number of rotatable bonds is 3. The lowest BCUT2D eigenvalue weighted by Crippen LogP contribution is -2.08. The Kier molecular flexibility index (Phi) is 3.48. The predicted molar refractivity (Wildman–Crippen MR) is 73.5 cm³/mol. The molecule has 0 aliphatic rings. The molecule has 2 rings (SSSR count). The summed E-state index contributed by atoms with van der Waals surface area (Å²) in [6.07, 6.45) is 1.84. The van der Waals surface area contributed by atoms with Gasteiger partial charge in [-0.3, -0.25) is 0 Å². The van der Waals surface area contributed by atoms with Crippen LogP contribution in [-0.4, -0.2) is 15.9 Å². The first-order chi connectivity index (χ1) is 8.47. The molecule has 0 fully saturated rings. The summed E-state index contributed by atoms with van der Waals surface area (Å²) in [7, 11) is 0. The Morgan fingerprint density at radius 2 is 2.11 bits per heavy atom. The molecule has 0 amide bonds. The first-order valence-electron chi connectivity index (χ1n) is 5.75. The molecule has 5 heteroatoms. The summed E-state index contributed by atoms with van der Waals surface area (Å²) >= 11 is 6.00. The van der Waals surface area contributed by atoms with Crippen molar-refractivity contribution in [2.24, 2.45) is 0 Å². The highest BCUT2D eigenvalue weighted by Crippen LogP contribution is 2.26. The Morgan fingerprint density at radius 3 is 2.67 bits per heavy atom. The fraction of sp³-hybridized carbons (Fsp3) is 0.308. The minimum absolute atomic E-state index is 0.0745. The van der Waals surface area contributed by atoms with Gasteiger partial charge in [0.1, 0.15) is 5.75 Å².